The van der Waals surface area contributed by atoms with E-state index in [9.17, 15) is 13.2 Å². The quantitative estimate of drug-likeness (QED) is 0.545. The third kappa shape index (κ3) is 5.56. The van der Waals surface area contributed by atoms with Crippen molar-refractivity contribution in [1.82, 2.24) is 5.32 Å². The average Bonchev–Trinajstić information content (AvgIpc) is 2.73. The van der Waals surface area contributed by atoms with Gasteiger partial charge < -0.3 is 10.1 Å². The third-order valence-corrected chi connectivity index (χ3v) is 5.63. The second kappa shape index (κ2) is 9.54. The lowest BCUT2D eigenvalue weighted by molar-refractivity contribution is -0.122. The Morgan fingerprint density at radius 3 is 2.55 bits per heavy atom. The molecular formula is C22H23NO5S. The highest BCUT2D eigenvalue weighted by Crippen LogP contribution is 2.24. The molecule has 0 aliphatic carbocycles. The molecule has 0 aliphatic rings. The van der Waals surface area contributed by atoms with Crippen molar-refractivity contribution in [2.24, 2.45) is 0 Å². The van der Waals surface area contributed by atoms with Crippen LogP contribution in [0.4, 0.5) is 0 Å². The fourth-order valence-electron chi connectivity index (χ4n) is 2.96. The molecule has 0 saturated carbocycles. The highest BCUT2D eigenvalue weighted by atomic mass is 32.2. The molecule has 0 saturated heterocycles. The highest BCUT2D eigenvalue weighted by molar-refractivity contribution is 7.86. The Morgan fingerprint density at radius 1 is 1.00 bits per heavy atom. The number of rotatable bonds is 9. The molecule has 0 atom stereocenters. The van der Waals surface area contributed by atoms with Crippen molar-refractivity contribution < 1.29 is 22.1 Å². The van der Waals surface area contributed by atoms with Crippen molar-refractivity contribution in [3.8, 4) is 5.75 Å². The SMILES string of the molecule is CCOc1ccc2cccc(CCNC(=O)COS(=O)(=O)c3ccccc3)c2c1. The van der Waals surface area contributed by atoms with Gasteiger partial charge in [-0.15, -0.1) is 0 Å². The predicted octanol–water partition coefficient (Wildman–Crippen LogP) is 3.30. The maximum atomic E-state index is 12.0. The molecule has 3 aromatic carbocycles. The Labute approximate surface area is 170 Å². The number of benzene rings is 3. The van der Waals surface area contributed by atoms with Gasteiger partial charge in [0.15, 0.2) is 0 Å². The van der Waals surface area contributed by atoms with E-state index in [1.807, 2.05) is 43.3 Å². The number of carbonyl (C=O) groups is 1. The second-order valence-electron chi connectivity index (χ2n) is 6.36. The van der Waals surface area contributed by atoms with Gasteiger partial charge >= 0.3 is 0 Å². The van der Waals surface area contributed by atoms with Crippen molar-refractivity contribution in [3.05, 3.63) is 72.3 Å². The molecular weight excluding hydrogens is 390 g/mol. The minimum atomic E-state index is -3.95. The van der Waals surface area contributed by atoms with Gasteiger partial charge in [0.25, 0.3) is 10.1 Å². The summed E-state index contributed by atoms with van der Waals surface area (Å²) in [6.07, 6.45) is 0.601. The molecule has 1 amide bonds. The smallest absolute Gasteiger partial charge is 0.297 e. The molecule has 152 valence electrons. The van der Waals surface area contributed by atoms with Crippen LogP contribution in [-0.4, -0.2) is 34.1 Å². The van der Waals surface area contributed by atoms with Crippen molar-refractivity contribution >= 4 is 26.8 Å². The van der Waals surface area contributed by atoms with Crippen LogP contribution in [-0.2, 0) is 25.5 Å². The monoisotopic (exact) mass is 413 g/mol. The molecule has 0 radical (unpaired) electrons. The lowest BCUT2D eigenvalue weighted by atomic mass is 10.0. The van der Waals surface area contributed by atoms with Crippen LogP contribution in [0.1, 0.15) is 12.5 Å². The van der Waals surface area contributed by atoms with E-state index in [2.05, 4.69) is 5.32 Å². The van der Waals surface area contributed by atoms with Crippen LogP contribution < -0.4 is 10.1 Å². The number of nitrogens with one attached hydrogen (secondary N) is 1. The lowest BCUT2D eigenvalue weighted by Gasteiger charge is -2.10. The molecule has 0 aliphatic heterocycles. The first-order valence-corrected chi connectivity index (χ1v) is 10.8. The van der Waals surface area contributed by atoms with E-state index in [0.29, 0.717) is 19.6 Å². The zero-order valence-corrected chi connectivity index (χ0v) is 16.9. The molecule has 1 N–H and O–H groups in total. The van der Waals surface area contributed by atoms with E-state index in [0.717, 1.165) is 22.1 Å². The summed E-state index contributed by atoms with van der Waals surface area (Å²) in [5.74, 6) is 0.316. The summed E-state index contributed by atoms with van der Waals surface area (Å²) in [6, 6.07) is 19.7. The van der Waals surface area contributed by atoms with E-state index >= 15 is 0 Å². The van der Waals surface area contributed by atoms with Gasteiger partial charge in [-0.25, -0.2) is 0 Å². The summed E-state index contributed by atoms with van der Waals surface area (Å²) in [6.45, 7) is 2.34. The van der Waals surface area contributed by atoms with Gasteiger partial charge in [-0.1, -0.05) is 42.5 Å². The van der Waals surface area contributed by atoms with E-state index in [1.165, 1.54) is 12.1 Å². The molecule has 3 aromatic rings. The van der Waals surface area contributed by atoms with Crippen LogP contribution >= 0.6 is 0 Å². The minimum Gasteiger partial charge on any atom is -0.494 e. The van der Waals surface area contributed by atoms with Crippen molar-refractivity contribution in [2.75, 3.05) is 19.8 Å². The van der Waals surface area contributed by atoms with Gasteiger partial charge in [-0.3, -0.25) is 8.98 Å². The lowest BCUT2D eigenvalue weighted by Crippen LogP contribution is -2.30. The molecule has 0 fully saturated rings. The Balaban J connectivity index is 1.56. The largest absolute Gasteiger partial charge is 0.494 e. The van der Waals surface area contributed by atoms with Crippen LogP contribution in [0.2, 0.25) is 0 Å². The van der Waals surface area contributed by atoms with Gasteiger partial charge in [0.05, 0.1) is 11.5 Å². The molecule has 29 heavy (non-hydrogen) atoms. The van der Waals surface area contributed by atoms with Gasteiger partial charge in [0.1, 0.15) is 12.4 Å². The Hall–Kier alpha value is -2.90. The van der Waals surface area contributed by atoms with E-state index < -0.39 is 22.6 Å². The summed E-state index contributed by atoms with van der Waals surface area (Å²) in [4.78, 5) is 12.0. The number of hydrogen-bond donors (Lipinski definition) is 1. The Morgan fingerprint density at radius 2 is 1.79 bits per heavy atom. The number of hydrogen-bond acceptors (Lipinski definition) is 5. The van der Waals surface area contributed by atoms with Crippen LogP contribution in [0.3, 0.4) is 0 Å². The molecule has 0 aromatic heterocycles. The average molecular weight is 413 g/mol. The van der Waals surface area contributed by atoms with E-state index in [1.54, 1.807) is 18.2 Å². The normalized spacial score (nSPS) is 11.3. The van der Waals surface area contributed by atoms with E-state index in [-0.39, 0.29) is 4.90 Å². The van der Waals surface area contributed by atoms with Crippen LogP contribution in [0, 0.1) is 0 Å². The summed E-state index contributed by atoms with van der Waals surface area (Å²) in [7, 11) is -3.95. The minimum absolute atomic E-state index is 0.0219. The molecule has 7 heteroatoms. The van der Waals surface area contributed by atoms with Gasteiger partial charge in [-0.2, -0.15) is 8.42 Å². The molecule has 0 heterocycles. The first-order chi connectivity index (χ1) is 14.0. The summed E-state index contributed by atoms with van der Waals surface area (Å²) in [5.41, 5.74) is 1.07. The fraction of sp³-hybridized carbons (Fsp3) is 0.227. The second-order valence-corrected chi connectivity index (χ2v) is 7.98. The van der Waals surface area contributed by atoms with Crippen LogP contribution in [0.5, 0.6) is 5.75 Å². The van der Waals surface area contributed by atoms with E-state index in [4.69, 9.17) is 8.92 Å². The number of fused-ring (bicyclic) bond motifs is 1. The van der Waals surface area contributed by atoms with Crippen LogP contribution in [0.15, 0.2) is 71.6 Å². The maximum absolute atomic E-state index is 12.0. The number of amides is 1. The molecule has 0 bridgehead atoms. The first kappa shape index (κ1) is 20.8. The predicted molar refractivity (Wildman–Crippen MR) is 111 cm³/mol. The first-order valence-electron chi connectivity index (χ1n) is 9.35. The van der Waals surface area contributed by atoms with Gasteiger partial charge in [-0.05, 0) is 53.9 Å². The third-order valence-electron chi connectivity index (χ3n) is 4.35. The zero-order valence-electron chi connectivity index (χ0n) is 16.1. The van der Waals surface area contributed by atoms with Crippen LogP contribution in [0.25, 0.3) is 10.8 Å². The Kier molecular flexibility index (Phi) is 6.85. The van der Waals surface area contributed by atoms with Gasteiger partial charge in [0, 0.05) is 6.54 Å². The van der Waals surface area contributed by atoms with Crippen molar-refractivity contribution in [2.45, 2.75) is 18.2 Å². The maximum Gasteiger partial charge on any atom is 0.297 e. The summed E-state index contributed by atoms with van der Waals surface area (Å²) < 4.78 is 34.5. The Bertz CT molecular complexity index is 1080. The fourth-order valence-corrected chi connectivity index (χ4v) is 3.85. The number of ether oxygens (including phenoxy) is 1. The molecule has 3 rings (SSSR count). The zero-order chi connectivity index (χ0) is 20.7. The van der Waals surface area contributed by atoms with Gasteiger partial charge in [0.2, 0.25) is 5.91 Å². The number of carbonyl (C=O) groups excluding carboxylic acids is 1. The summed E-state index contributed by atoms with van der Waals surface area (Å²) >= 11 is 0. The molecule has 6 nitrogen and oxygen atoms in total. The molecule has 0 spiro atoms. The standard InChI is InChI=1S/C22H23NO5S/c1-2-27-19-12-11-17-7-6-8-18(21(17)15-19)13-14-23-22(24)16-28-29(25,26)20-9-4-3-5-10-20/h3-12,15H,2,13-14,16H2,1H3,(H,23,24). The summed E-state index contributed by atoms with van der Waals surface area (Å²) in [5, 5.41) is 4.86. The van der Waals surface area contributed by atoms with Crippen molar-refractivity contribution in [1.29, 1.82) is 0 Å². The highest BCUT2D eigenvalue weighted by Gasteiger charge is 2.16. The molecule has 0 unspecified atom stereocenters. The topological polar surface area (TPSA) is 81.7 Å². The van der Waals surface area contributed by atoms with Crippen molar-refractivity contribution in [3.63, 3.8) is 0 Å².